The second-order valence-corrected chi connectivity index (χ2v) is 3.15. The van der Waals surface area contributed by atoms with Gasteiger partial charge in [-0.1, -0.05) is 0 Å². The molecule has 1 unspecified atom stereocenters. The minimum Gasteiger partial charge on any atom is -0.481 e. The number of hydrogen-bond donors (Lipinski definition) is 3. The third-order valence-corrected chi connectivity index (χ3v) is 1.99. The molecule has 0 spiro atoms. The Balaban J connectivity index is 2.00. The van der Waals surface area contributed by atoms with Gasteiger partial charge in [-0.25, -0.2) is 0 Å². The van der Waals surface area contributed by atoms with E-state index in [2.05, 4.69) is 10.6 Å². The van der Waals surface area contributed by atoms with Gasteiger partial charge in [0.15, 0.2) is 0 Å². The number of nitrogens with one attached hydrogen (secondary N) is 2. The van der Waals surface area contributed by atoms with E-state index in [-0.39, 0.29) is 18.4 Å². The lowest BCUT2D eigenvalue weighted by molar-refractivity contribution is -0.136. The molecule has 3 N–H and O–H groups in total. The summed E-state index contributed by atoms with van der Waals surface area (Å²) in [5, 5.41) is 14.1. The molecule has 1 aliphatic heterocycles. The van der Waals surface area contributed by atoms with Crippen molar-refractivity contribution in [2.24, 2.45) is 0 Å². The Bertz CT molecular complexity index is 206. The average molecular weight is 186 g/mol. The number of carbonyl (C=O) groups excluding carboxylic acids is 1. The highest BCUT2D eigenvalue weighted by atomic mass is 16.4. The van der Waals surface area contributed by atoms with Crippen molar-refractivity contribution in [2.45, 2.75) is 25.3 Å². The Morgan fingerprint density at radius 1 is 1.69 bits per heavy atom. The summed E-state index contributed by atoms with van der Waals surface area (Å²) < 4.78 is 0. The maximum absolute atomic E-state index is 10.8. The van der Waals surface area contributed by atoms with Crippen molar-refractivity contribution in [3.63, 3.8) is 0 Å². The van der Waals surface area contributed by atoms with Gasteiger partial charge in [0, 0.05) is 25.6 Å². The van der Waals surface area contributed by atoms with Crippen LogP contribution in [0.4, 0.5) is 0 Å². The fourth-order valence-corrected chi connectivity index (χ4v) is 1.30. The zero-order chi connectivity index (χ0) is 9.68. The van der Waals surface area contributed by atoms with E-state index >= 15 is 0 Å². The van der Waals surface area contributed by atoms with Gasteiger partial charge in [0.05, 0.1) is 6.42 Å². The fourth-order valence-electron chi connectivity index (χ4n) is 1.30. The number of hydrogen-bond acceptors (Lipinski definition) is 3. The Kier molecular flexibility index (Phi) is 3.70. The summed E-state index contributed by atoms with van der Waals surface area (Å²) in [6, 6.07) is 0.182. The van der Waals surface area contributed by atoms with Crippen LogP contribution in [0.3, 0.4) is 0 Å². The van der Waals surface area contributed by atoms with Crippen molar-refractivity contribution in [1.82, 2.24) is 10.6 Å². The molecule has 0 aromatic rings. The van der Waals surface area contributed by atoms with Crippen LogP contribution in [0.2, 0.25) is 0 Å². The second kappa shape index (κ2) is 4.81. The third kappa shape index (κ3) is 3.89. The summed E-state index contributed by atoms with van der Waals surface area (Å²) in [7, 11) is 0. The predicted octanol–water partition coefficient (Wildman–Crippen LogP) is -0.671. The highest BCUT2D eigenvalue weighted by Gasteiger charge is 2.19. The molecule has 1 fully saturated rings. The number of amides is 1. The molecule has 1 saturated heterocycles. The molecular formula is C8H14N2O3. The molecule has 1 atom stereocenters. The monoisotopic (exact) mass is 186 g/mol. The summed E-state index contributed by atoms with van der Waals surface area (Å²) in [6.45, 7) is 1.13. The molecule has 1 heterocycles. The molecule has 5 heteroatoms. The van der Waals surface area contributed by atoms with E-state index in [4.69, 9.17) is 5.11 Å². The van der Waals surface area contributed by atoms with Gasteiger partial charge in [-0.2, -0.15) is 0 Å². The van der Waals surface area contributed by atoms with Crippen LogP contribution in [0.5, 0.6) is 0 Å². The van der Waals surface area contributed by atoms with Gasteiger partial charge in [-0.15, -0.1) is 0 Å². The standard InChI is InChI=1S/C8H14N2O3/c11-7-2-1-6(10-7)5-9-4-3-8(12)13/h6,9H,1-5H2,(H,10,11)(H,12,13). The zero-order valence-corrected chi connectivity index (χ0v) is 7.38. The van der Waals surface area contributed by atoms with E-state index in [1.54, 1.807) is 0 Å². The molecule has 0 saturated carbocycles. The van der Waals surface area contributed by atoms with Crippen molar-refractivity contribution in [3.8, 4) is 0 Å². The molecule has 74 valence electrons. The lowest BCUT2D eigenvalue weighted by atomic mass is 10.2. The molecule has 1 amide bonds. The second-order valence-electron chi connectivity index (χ2n) is 3.15. The first-order chi connectivity index (χ1) is 6.18. The Morgan fingerprint density at radius 2 is 2.46 bits per heavy atom. The minimum atomic E-state index is -0.803. The van der Waals surface area contributed by atoms with E-state index in [0.29, 0.717) is 19.5 Å². The number of rotatable bonds is 5. The average Bonchev–Trinajstić information content (AvgIpc) is 2.45. The van der Waals surface area contributed by atoms with Crippen molar-refractivity contribution in [1.29, 1.82) is 0 Å². The molecule has 0 radical (unpaired) electrons. The molecule has 1 rings (SSSR count). The normalized spacial score (nSPS) is 21.5. The summed E-state index contributed by atoms with van der Waals surface area (Å²) in [5.74, 6) is -0.715. The van der Waals surface area contributed by atoms with Crippen LogP contribution in [0.25, 0.3) is 0 Å². The van der Waals surface area contributed by atoms with Gasteiger partial charge >= 0.3 is 5.97 Å². The number of aliphatic carboxylic acids is 1. The van der Waals surface area contributed by atoms with E-state index in [0.717, 1.165) is 6.42 Å². The van der Waals surface area contributed by atoms with E-state index < -0.39 is 5.97 Å². The van der Waals surface area contributed by atoms with Crippen molar-refractivity contribution in [2.75, 3.05) is 13.1 Å². The maximum Gasteiger partial charge on any atom is 0.304 e. The van der Waals surface area contributed by atoms with E-state index in [1.807, 2.05) is 0 Å². The van der Waals surface area contributed by atoms with Gasteiger partial charge in [0.25, 0.3) is 0 Å². The molecule has 0 bridgehead atoms. The van der Waals surface area contributed by atoms with Crippen molar-refractivity contribution in [3.05, 3.63) is 0 Å². The Morgan fingerprint density at radius 3 is 3.00 bits per heavy atom. The summed E-state index contributed by atoms with van der Waals surface area (Å²) in [5.41, 5.74) is 0. The minimum absolute atomic E-state index is 0.0880. The van der Waals surface area contributed by atoms with E-state index in [9.17, 15) is 9.59 Å². The fraction of sp³-hybridized carbons (Fsp3) is 0.750. The molecule has 1 aliphatic rings. The first-order valence-corrected chi connectivity index (χ1v) is 4.40. The van der Waals surface area contributed by atoms with Gasteiger partial charge in [-0.3, -0.25) is 9.59 Å². The number of carboxylic acid groups (broad SMARTS) is 1. The van der Waals surface area contributed by atoms with Crippen LogP contribution in [0.15, 0.2) is 0 Å². The van der Waals surface area contributed by atoms with Gasteiger partial charge in [0.2, 0.25) is 5.91 Å². The Hall–Kier alpha value is -1.10. The summed E-state index contributed by atoms with van der Waals surface area (Å²) >= 11 is 0. The van der Waals surface area contributed by atoms with Crippen LogP contribution in [0.1, 0.15) is 19.3 Å². The van der Waals surface area contributed by atoms with E-state index in [1.165, 1.54) is 0 Å². The summed E-state index contributed by atoms with van der Waals surface area (Å²) in [4.78, 5) is 20.9. The third-order valence-electron chi connectivity index (χ3n) is 1.99. The Labute approximate surface area is 76.5 Å². The van der Waals surface area contributed by atoms with Crippen LogP contribution >= 0.6 is 0 Å². The molecule has 0 aromatic heterocycles. The molecular weight excluding hydrogens is 172 g/mol. The number of carboxylic acids is 1. The quantitative estimate of drug-likeness (QED) is 0.497. The van der Waals surface area contributed by atoms with Gasteiger partial charge in [-0.05, 0) is 6.42 Å². The summed E-state index contributed by atoms with van der Waals surface area (Å²) in [6.07, 6.45) is 1.56. The van der Waals surface area contributed by atoms with Crippen molar-refractivity contribution < 1.29 is 14.7 Å². The zero-order valence-electron chi connectivity index (χ0n) is 7.38. The molecule has 0 aromatic carbocycles. The molecule has 13 heavy (non-hydrogen) atoms. The van der Waals surface area contributed by atoms with Crippen LogP contribution in [-0.4, -0.2) is 36.1 Å². The van der Waals surface area contributed by atoms with Crippen molar-refractivity contribution >= 4 is 11.9 Å². The smallest absolute Gasteiger partial charge is 0.304 e. The predicted molar refractivity (Wildman–Crippen MR) is 46.3 cm³/mol. The first kappa shape index (κ1) is 9.98. The van der Waals surface area contributed by atoms with Gasteiger partial charge < -0.3 is 15.7 Å². The molecule has 5 nitrogen and oxygen atoms in total. The van der Waals surface area contributed by atoms with Crippen LogP contribution in [-0.2, 0) is 9.59 Å². The largest absolute Gasteiger partial charge is 0.481 e. The lowest BCUT2D eigenvalue weighted by Crippen LogP contribution is -2.36. The van der Waals surface area contributed by atoms with Crippen LogP contribution in [0, 0.1) is 0 Å². The SMILES string of the molecule is O=C(O)CCNCC1CCC(=O)N1. The topological polar surface area (TPSA) is 78.4 Å². The lowest BCUT2D eigenvalue weighted by Gasteiger charge is -2.09. The van der Waals surface area contributed by atoms with Gasteiger partial charge in [0.1, 0.15) is 0 Å². The number of carbonyl (C=O) groups is 2. The van der Waals surface area contributed by atoms with Crippen LogP contribution < -0.4 is 10.6 Å². The first-order valence-electron chi connectivity index (χ1n) is 4.40. The highest BCUT2D eigenvalue weighted by molar-refractivity contribution is 5.78. The highest BCUT2D eigenvalue weighted by Crippen LogP contribution is 2.04. The maximum atomic E-state index is 10.8. The molecule has 0 aliphatic carbocycles.